The fraction of sp³-hybridized carbons (Fsp3) is 0.533. The molecule has 4 heterocycles. The fourth-order valence-corrected chi connectivity index (χ4v) is 6.37. The number of aromatic amines is 1. The van der Waals surface area contributed by atoms with Gasteiger partial charge in [0.25, 0.3) is 0 Å². The van der Waals surface area contributed by atoms with Crippen molar-refractivity contribution in [3.8, 4) is 11.3 Å². The number of aromatic nitrogens is 3. The Kier molecular flexibility index (Phi) is 7.00. The molecular weight excluding hydrogens is 462 g/mol. The number of aliphatic hydroxyl groups is 1. The van der Waals surface area contributed by atoms with Crippen molar-refractivity contribution in [3.63, 3.8) is 0 Å². The summed E-state index contributed by atoms with van der Waals surface area (Å²) in [5.74, 6) is 0.440. The molecular formula is C30H41N5O2. The number of nitrogens with one attached hydrogen (secondary N) is 1. The summed E-state index contributed by atoms with van der Waals surface area (Å²) in [5.41, 5.74) is 4.28. The summed E-state index contributed by atoms with van der Waals surface area (Å²) < 4.78 is 5.87. The highest BCUT2D eigenvalue weighted by Crippen LogP contribution is 2.50. The van der Waals surface area contributed by atoms with E-state index in [1.807, 2.05) is 12.4 Å². The van der Waals surface area contributed by atoms with Gasteiger partial charge in [-0.3, -0.25) is 15.0 Å². The van der Waals surface area contributed by atoms with E-state index < -0.39 is 5.60 Å². The van der Waals surface area contributed by atoms with Crippen LogP contribution in [-0.2, 0) is 16.9 Å². The van der Waals surface area contributed by atoms with E-state index in [1.165, 1.54) is 5.56 Å². The third kappa shape index (κ3) is 4.98. The van der Waals surface area contributed by atoms with Crippen LogP contribution in [0, 0.1) is 5.41 Å². The van der Waals surface area contributed by atoms with Crippen LogP contribution >= 0.6 is 0 Å². The molecule has 7 heteroatoms. The van der Waals surface area contributed by atoms with E-state index in [9.17, 15) is 5.11 Å². The van der Waals surface area contributed by atoms with E-state index >= 15 is 0 Å². The van der Waals surface area contributed by atoms with E-state index in [1.54, 1.807) is 0 Å². The van der Waals surface area contributed by atoms with Gasteiger partial charge in [0.05, 0.1) is 17.9 Å². The van der Waals surface area contributed by atoms with Gasteiger partial charge in [0.2, 0.25) is 0 Å². The van der Waals surface area contributed by atoms with Crippen LogP contribution < -0.4 is 0 Å². The van der Waals surface area contributed by atoms with Crippen molar-refractivity contribution < 1.29 is 9.84 Å². The van der Waals surface area contributed by atoms with E-state index in [2.05, 4.69) is 103 Å². The molecule has 2 aliphatic heterocycles. The van der Waals surface area contributed by atoms with Gasteiger partial charge in [-0.1, -0.05) is 45.0 Å². The van der Waals surface area contributed by atoms with Crippen molar-refractivity contribution in [2.75, 3.05) is 33.2 Å². The van der Waals surface area contributed by atoms with Crippen LogP contribution in [0.15, 0.2) is 48.8 Å². The summed E-state index contributed by atoms with van der Waals surface area (Å²) in [6, 6.07) is 12.6. The monoisotopic (exact) mass is 503 g/mol. The van der Waals surface area contributed by atoms with Crippen molar-refractivity contribution in [1.82, 2.24) is 25.0 Å². The molecule has 37 heavy (non-hydrogen) atoms. The van der Waals surface area contributed by atoms with Gasteiger partial charge in [0, 0.05) is 67.4 Å². The van der Waals surface area contributed by atoms with Crippen LogP contribution in [-0.4, -0.2) is 75.5 Å². The van der Waals surface area contributed by atoms with Crippen LogP contribution in [0.1, 0.15) is 62.9 Å². The number of H-pyrrole nitrogens is 1. The first-order valence-electron chi connectivity index (χ1n) is 13.5. The number of hydrogen-bond acceptors (Lipinski definition) is 6. The molecule has 7 nitrogen and oxygen atoms in total. The third-order valence-electron chi connectivity index (χ3n) is 8.08. The molecule has 3 atom stereocenters. The van der Waals surface area contributed by atoms with Crippen molar-refractivity contribution in [2.24, 2.45) is 5.41 Å². The van der Waals surface area contributed by atoms with Crippen molar-refractivity contribution in [1.29, 1.82) is 0 Å². The molecule has 198 valence electrons. The Balaban J connectivity index is 1.45. The molecule has 2 aromatic heterocycles. The van der Waals surface area contributed by atoms with Gasteiger partial charge in [-0.2, -0.15) is 5.10 Å². The van der Waals surface area contributed by atoms with Gasteiger partial charge in [0.1, 0.15) is 5.60 Å². The lowest BCUT2D eigenvalue weighted by Gasteiger charge is -2.55. The zero-order valence-corrected chi connectivity index (χ0v) is 23.0. The van der Waals surface area contributed by atoms with Gasteiger partial charge < -0.3 is 14.7 Å². The van der Waals surface area contributed by atoms with E-state index in [0.717, 1.165) is 60.8 Å². The molecule has 5 rings (SSSR count). The summed E-state index contributed by atoms with van der Waals surface area (Å²) in [4.78, 5) is 9.23. The number of morpholine rings is 1. The maximum atomic E-state index is 12.5. The second-order valence-electron chi connectivity index (χ2n) is 11.9. The van der Waals surface area contributed by atoms with Gasteiger partial charge in [-0.25, -0.2) is 0 Å². The topological polar surface area (TPSA) is 77.5 Å². The Morgan fingerprint density at radius 2 is 1.76 bits per heavy atom. The molecule has 0 saturated carbocycles. The molecule has 0 amide bonds. The SMILES string of the molecule is CC(C)c1ccc([C@](O)(c2cncc(-c3cc(CN4C[C@@H](C)O[C@H](C)C4)[nH]n3)c2)C2(C)CN(C)C2)cc1. The molecule has 1 aromatic carbocycles. The molecule has 2 fully saturated rings. The average Bonchev–Trinajstić information content (AvgIpc) is 3.30. The normalized spacial score (nSPS) is 24.1. The van der Waals surface area contributed by atoms with E-state index in [4.69, 9.17) is 4.74 Å². The largest absolute Gasteiger partial charge is 0.380 e. The number of pyridine rings is 1. The number of rotatable bonds is 7. The van der Waals surface area contributed by atoms with Crippen LogP contribution in [0.2, 0.25) is 0 Å². The van der Waals surface area contributed by atoms with Crippen LogP contribution in [0.25, 0.3) is 11.3 Å². The maximum absolute atomic E-state index is 12.5. The second-order valence-corrected chi connectivity index (χ2v) is 11.9. The summed E-state index contributed by atoms with van der Waals surface area (Å²) in [6.45, 7) is 15.0. The first-order chi connectivity index (χ1) is 17.6. The van der Waals surface area contributed by atoms with Gasteiger partial charge in [0.15, 0.2) is 0 Å². The number of hydrogen-bond donors (Lipinski definition) is 2. The molecule has 0 aliphatic carbocycles. The lowest BCUT2D eigenvalue weighted by atomic mass is 9.62. The minimum atomic E-state index is -1.17. The third-order valence-corrected chi connectivity index (χ3v) is 8.08. The highest BCUT2D eigenvalue weighted by Gasteiger charge is 2.55. The molecule has 2 aliphatic rings. The van der Waals surface area contributed by atoms with Crippen molar-refractivity contribution >= 4 is 0 Å². The Morgan fingerprint density at radius 3 is 2.38 bits per heavy atom. The van der Waals surface area contributed by atoms with Crippen LogP contribution in [0.3, 0.4) is 0 Å². The summed E-state index contributed by atoms with van der Waals surface area (Å²) in [7, 11) is 2.10. The van der Waals surface area contributed by atoms with E-state index in [0.29, 0.717) is 5.92 Å². The lowest BCUT2D eigenvalue weighted by Crippen LogP contribution is -2.63. The minimum absolute atomic E-state index is 0.228. The molecule has 2 saturated heterocycles. The molecule has 3 aromatic rings. The van der Waals surface area contributed by atoms with Crippen LogP contribution in [0.5, 0.6) is 0 Å². The van der Waals surface area contributed by atoms with Crippen molar-refractivity contribution in [2.45, 2.75) is 64.9 Å². The molecule has 0 bridgehead atoms. The maximum Gasteiger partial charge on any atom is 0.124 e. The predicted octanol–water partition coefficient (Wildman–Crippen LogP) is 4.39. The molecule has 0 spiro atoms. The van der Waals surface area contributed by atoms with Gasteiger partial charge in [-0.15, -0.1) is 0 Å². The van der Waals surface area contributed by atoms with Crippen LogP contribution in [0.4, 0.5) is 0 Å². The highest BCUT2D eigenvalue weighted by molar-refractivity contribution is 5.60. The second kappa shape index (κ2) is 9.95. The first kappa shape index (κ1) is 26.0. The fourth-order valence-electron chi connectivity index (χ4n) is 6.37. The Hall–Kier alpha value is -2.58. The lowest BCUT2D eigenvalue weighted by molar-refractivity contribution is -0.127. The number of likely N-dealkylation sites (tertiary alicyclic amines) is 1. The zero-order chi connectivity index (χ0) is 26.4. The average molecular weight is 504 g/mol. The first-order valence-corrected chi connectivity index (χ1v) is 13.5. The Labute approximate surface area is 220 Å². The highest BCUT2D eigenvalue weighted by atomic mass is 16.5. The van der Waals surface area contributed by atoms with Crippen molar-refractivity contribution in [3.05, 3.63) is 71.2 Å². The summed E-state index contributed by atoms with van der Waals surface area (Å²) in [5, 5.41) is 20.3. The summed E-state index contributed by atoms with van der Waals surface area (Å²) >= 11 is 0. The molecule has 0 unspecified atom stereocenters. The zero-order valence-electron chi connectivity index (χ0n) is 23.0. The molecule has 0 radical (unpaired) electrons. The minimum Gasteiger partial charge on any atom is -0.380 e. The van der Waals surface area contributed by atoms with E-state index in [-0.39, 0.29) is 17.6 Å². The standard InChI is InChI=1S/C30H41N5O2/c1-20(2)23-7-9-25(10-8-23)30(36,29(5)18-34(6)19-29)26-11-24(13-31-14-26)28-12-27(32-33-28)17-35-15-21(3)37-22(4)16-35/h7-14,20-22,36H,15-19H2,1-6H3,(H,32,33)/t21-,22-,30+/m1/s1. The number of benzene rings is 1. The van der Waals surface area contributed by atoms with Gasteiger partial charge >= 0.3 is 0 Å². The Morgan fingerprint density at radius 1 is 1.08 bits per heavy atom. The van der Waals surface area contributed by atoms with Gasteiger partial charge in [-0.05, 0) is 50.1 Å². The smallest absolute Gasteiger partial charge is 0.124 e. The quantitative estimate of drug-likeness (QED) is 0.498. The number of ether oxygens (including phenoxy) is 1. The summed E-state index contributed by atoms with van der Waals surface area (Å²) in [6.07, 6.45) is 4.10. The Bertz CT molecular complexity index is 1210. The number of nitrogens with zero attached hydrogens (tertiary/aromatic N) is 4. The molecule has 2 N–H and O–H groups in total. The predicted molar refractivity (Wildman–Crippen MR) is 146 cm³/mol.